The van der Waals surface area contributed by atoms with Crippen molar-refractivity contribution >= 4 is 12.0 Å². The van der Waals surface area contributed by atoms with Gasteiger partial charge in [-0.3, -0.25) is 0 Å². The van der Waals surface area contributed by atoms with Gasteiger partial charge >= 0.3 is 12.0 Å². The van der Waals surface area contributed by atoms with E-state index in [0.717, 1.165) is 5.56 Å². The fourth-order valence-electron chi connectivity index (χ4n) is 2.14. The number of nitrogens with zero attached hydrogens (tertiary/aromatic N) is 2. The second-order valence-corrected chi connectivity index (χ2v) is 4.77. The molecule has 2 rings (SSSR count). The third kappa shape index (κ3) is 3.48. The topological polar surface area (TPSA) is 70.1 Å². The van der Waals surface area contributed by atoms with Gasteiger partial charge in [0.15, 0.2) is 6.10 Å². The molecule has 1 aliphatic rings. The molecule has 1 unspecified atom stereocenters. The molecule has 6 nitrogen and oxygen atoms in total. The number of carboxylic acids is 1. The van der Waals surface area contributed by atoms with E-state index in [4.69, 9.17) is 9.84 Å². The maximum atomic E-state index is 12.3. The normalized spacial score (nSPS) is 18.6. The second kappa shape index (κ2) is 6.38. The fourth-order valence-corrected chi connectivity index (χ4v) is 2.14. The van der Waals surface area contributed by atoms with Crippen molar-refractivity contribution in [2.45, 2.75) is 12.6 Å². The molecule has 1 atom stereocenters. The van der Waals surface area contributed by atoms with E-state index in [-0.39, 0.29) is 19.2 Å². The monoisotopic (exact) mass is 278 g/mol. The van der Waals surface area contributed by atoms with E-state index in [1.165, 1.54) is 4.90 Å². The maximum absolute atomic E-state index is 12.3. The highest BCUT2D eigenvalue weighted by Gasteiger charge is 2.30. The summed E-state index contributed by atoms with van der Waals surface area (Å²) in [4.78, 5) is 26.3. The number of hydrogen-bond donors (Lipinski definition) is 1. The fraction of sp³-hybridized carbons (Fsp3) is 0.429. The first kappa shape index (κ1) is 14.3. The van der Waals surface area contributed by atoms with Crippen molar-refractivity contribution in [1.82, 2.24) is 9.80 Å². The summed E-state index contributed by atoms with van der Waals surface area (Å²) in [6.45, 7) is 1.26. The van der Waals surface area contributed by atoms with Crippen molar-refractivity contribution < 1.29 is 19.4 Å². The molecule has 0 radical (unpaired) electrons. The van der Waals surface area contributed by atoms with Gasteiger partial charge in [-0.2, -0.15) is 0 Å². The minimum absolute atomic E-state index is 0.0906. The highest BCUT2D eigenvalue weighted by molar-refractivity contribution is 5.77. The van der Waals surface area contributed by atoms with Gasteiger partial charge < -0.3 is 19.6 Å². The SMILES string of the molecule is CN(Cc1ccccc1)C(=O)N1CCOC(C(=O)O)C1. The summed E-state index contributed by atoms with van der Waals surface area (Å²) in [5.74, 6) is -1.03. The van der Waals surface area contributed by atoms with Crippen LogP contribution in [-0.4, -0.2) is 59.8 Å². The number of urea groups is 1. The summed E-state index contributed by atoms with van der Waals surface area (Å²) in [5, 5.41) is 8.94. The molecule has 0 spiro atoms. The molecule has 1 saturated heterocycles. The van der Waals surface area contributed by atoms with Crippen molar-refractivity contribution in [2.24, 2.45) is 0 Å². The van der Waals surface area contributed by atoms with Gasteiger partial charge in [-0.15, -0.1) is 0 Å². The van der Waals surface area contributed by atoms with Gasteiger partial charge in [0.05, 0.1) is 13.2 Å². The lowest BCUT2D eigenvalue weighted by molar-refractivity contribution is -0.154. The van der Waals surface area contributed by atoms with E-state index < -0.39 is 12.1 Å². The molecule has 20 heavy (non-hydrogen) atoms. The van der Waals surface area contributed by atoms with Crippen molar-refractivity contribution in [1.29, 1.82) is 0 Å². The van der Waals surface area contributed by atoms with Gasteiger partial charge in [0.25, 0.3) is 0 Å². The van der Waals surface area contributed by atoms with Gasteiger partial charge in [0.2, 0.25) is 0 Å². The number of carbonyl (C=O) groups is 2. The highest BCUT2D eigenvalue weighted by Crippen LogP contribution is 2.10. The molecule has 1 N–H and O–H groups in total. The van der Waals surface area contributed by atoms with E-state index in [1.807, 2.05) is 30.3 Å². The zero-order valence-corrected chi connectivity index (χ0v) is 11.4. The number of aliphatic carboxylic acids is 1. The average Bonchev–Trinajstić information content (AvgIpc) is 2.47. The predicted molar refractivity (Wildman–Crippen MR) is 72.3 cm³/mol. The zero-order chi connectivity index (χ0) is 14.5. The van der Waals surface area contributed by atoms with Gasteiger partial charge in [-0.25, -0.2) is 9.59 Å². The Bertz CT molecular complexity index is 477. The lowest BCUT2D eigenvalue weighted by atomic mass is 10.2. The van der Waals surface area contributed by atoms with E-state index in [9.17, 15) is 9.59 Å². The van der Waals surface area contributed by atoms with Gasteiger partial charge in [0, 0.05) is 20.1 Å². The van der Waals surface area contributed by atoms with Crippen molar-refractivity contribution in [2.75, 3.05) is 26.7 Å². The Labute approximate surface area is 117 Å². The van der Waals surface area contributed by atoms with Crippen molar-refractivity contribution in [3.8, 4) is 0 Å². The third-order valence-corrected chi connectivity index (χ3v) is 3.20. The van der Waals surface area contributed by atoms with Crippen LogP contribution in [0, 0.1) is 0 Å². The first-order valence-corrected chi connectivity index (χ1v) is 6.46. The van der Waals surface area contributed by atoms with Crippen LogP contribution in [0.15, 0.2) is 30.3 Å². The number of rotatable bonds is 3. The maximum Gasteiger partial charge on any atom is 0.334 e. The summed E-state index contributed by atoms with van der Waals surface area (Å²) in [5.41, 5.74) is 1.03. The Hall–Kier alpha value is -2.08. The Kier molecular flexibility index (Phi) is 4.57. The van der Waals surface area contributed by atoms with E-state index >= 15 is 0 Å². The van der Waals surface area contributed by atoms with Crippen LogP contribution < -0.4 is 0 Å². The summed E-state index contributed by atoms with van der Waals surface area (Å²) in [7, 11) is 1.71. The van der Waals surface area contributed by atoms with E-state index in [1.54, 1.807) is 11.9 Å². The first-order chi connectivity index (χ1) is 9.58. The number of morpholine rings is 1. The van der Waals surface area contributed by atoms with Gasteiger partial charge in [-0.1, -0.05) is 30.3 Å². The van der Waals surface area contributed by atoms with Crippen LogP contribution in [0.5, 0.6) is 0 Å². The smallest absolute Gasteiger partial charge is 0.334 e. The highest BCUT2D eigenvalue weighted by atomic mass is 16.5. The van der Waals surface area contributed by atoms with Gasteiger partial charge in [-0.05, 0) is 5.56 Å². The van der Waals surface area contributed by atoms with E-state index in [2.05, 4.69) is 0 Å². The predicted octanol–water partition coefficient (Wildman–Crippen LogP) is 1.02. The Morgan fingerprint density at radius 2 is 2.10 bits per heavy atom. The molecular formula is C14H18N2O4. The number of carboxylic acid groups (broad SMARTS) is 1. The number of ether oxygens (including phenoxy) is 1. The Morgan fingerprint density at radius 3 is 2.75 bits per heavy atom. The Morgan fingerprint density at radius 1 is 1.40 bits per heavy atom. The molecule has 2 amide bonds. The molecule has 0 bridgehead atoms. The molecule has 1 fully saturated rings. The molecular weight excluding hydrogens is 260 g/mol. The van der Waals surface area contributed by atoms with Crippen LogP contribution in [0.2, 0.25) is 0 Å². The lowest BCUT2D eigenvalue weighted by Gasteiger charge is -2.33. The number of hydrogen-bond acceptors (Lipinski definition) is 3. The molecule has 1 aromatic rings. The zero-order valence-electron chi connectivity index (χ0n) is 11.4. The number of carbonyl (C=O) groups excluding carboxylic acids is 1. The standard InChI is InChI=1S/C14H18N2O4/c1-15(9-11-5-3-2-4-6-11)14(19)16-7-8-20-12(10-16)13(17)18/h2-6,12H,7-10H2,1H3,(H,17,18). The largest absolute Gasteiger partial charge is 0.479 e. The molecule has 0 aliphatic carbocycles. The third-order valence-electron chi connectivity index (χ3n) is 3.20. The van der Waals surface area contributed by atoms with Crippen LogP contribution in [0.25, 0.3) is 0 Å². The lowest BCUT2D eigenvalue weighted by Crippen LogP contribution is -2.51. The van der Waals surface area contributed by atoms with Crippen LogP contribution in [0.4, 0.5) is 4.79 Å². The summed E-state index contributed by atoms with van der Waals surface area (Å²) in [6, 6.07) is 9.48. The van der Waals surface area contributed by atoms with Crippen molar-refractivity contribution in [3.05, 3.63) is 35.9 Å². The molecule has 1 aliphatic heterocycles. The van der Waals surface area contributed by atoms with Crippen LogP contribution >= 0.6 is 0 Å². The first-order valence-electron chi connectivity index (χ1n) is 6.46. The number of amides is 2. The molecule has 6 heteroatoms. The minimum Gasteiger partial charge on any atom is -0.479 e. The van der Waals surface area contributed by atoms with Gasteiger partial charge in [0.1, 0.15) is 0 Å². The number of benzene rings is 1. The van der Waals surface area contributed by atoms with Crippen molar-refractivity contribution in [3.63, 3.8) is 0 Å². The molecule has 1 aromatic carbocycles. The minimum atomic E-state index is -1.03. The van der Waals surface area contributed by atoms with Crippen LogP contribution in [0.1, 0.15) is 5.56 Å². The molecule has 0 saturated carbocycles. The summed E-state index contributed by atoms with van der Waals surface area (Å²) >= 11 is 0. The summed E-state index contributed by atoms with van der Waals surface area (Å²) in [6.07, 6.45) is -0.933. The second-order valence-electron chi connectivity index (χ2n) is 4.77. The molecule has 0 aromatic heterocycles. The Balaban J connectivity index is 1.94. The van der Waals surface area contributed by atoms with Crippen LogP contribution in [0.3, 0.4) is 0 Å². The average molecular weight is 278 g/mol. The quantitative estimate of drug-likeness (QED) is 0.896. The molecule has 1 heterocycles. The summed E-state index contributed by atoms with van der Waals surface area (Å²) < 4.78 is 5.11. The van der Waals surface area contributed by atoms with E-state index in [0.29, 0.717) is 13.1 Å². The molecule has 108 valence electrons. The van der Waals surface area contributed by atoms with Crippen LogP contribution in [-0.2, 0) is 16.1 Å².